The first-order valence-electron chi connectivity index (χ1n) is 12.9. The highest BCUT2D eigenvalue weighted by molar-refractivity contribution is 9.10. The van der Waals surface area contributed by atoms with Gasteiger partial charge in [-0.2, -0.15) is 0 Å². The molecule has 4 rings (SSSR count). The third kappa shape index (κ3) is 5.64. The van der Waals surface area contributed by atoms with Crippen LogP contribution >= 0.6 is 15.9 Å². The van der Waals surface area contributed by atoms with Crippen LogP contribution in [0.4, 0.5) is 0 Å². The van der Waals surface area contributed by atoms with Gasteiger partial charge in [-0.15, -0.1) is 0 Å². The minimum absolute atomic E-state index is 0.0550. The number of phenolic OH excluding ortho intramolecular Hbond substituents is 1. The van der Waals surface area contributed by atoms with E-state index >= 15 is 0 Å². The van der Waals surface area contributed by atoms with E-state index in [-0.39, 0.29) is 29.6 Å². The largest absolute Gasteiger partial charge is 0.503 e. The van der Waals surface area contributed by atoms with E-state index in [4.69, 9.17) is 18.9 Å². The topological polar surface area (TPSA) is 103 Å². The normalized spacial score (nSPS) is 18.9. The molecule has 2 aromatic rings. The van der Waals surface area contributed by atoms with E-state index in [1.165, 1.54) is 7.11 Å². The molecule has 9 heteroatoms. The average molecular weight is 601 g/mol. The first-order valence-corrected chi connectivity index (χ1v) is 13.7. The molecule has 0 amide bonds. The van der Waals surface area contributed by atoms with E-state index < -0.39 is 11.9 Å². The van der Waals surface area contributed by atoms with Crippen LogP contribution in [0.3, 0.4) is 0 Å². The van der Waals surface area contributed by atoms with Crippen LogP contribution in [-0.2, 0) is 14.3 Å². The molecule has 39 heavy (non-hydrogen) atoms. The number of benzene rings is 2. The van der Waals surface area contributed by atoms with Crippen LogP contribution in [-0.4, -0.2) is 44.8 Å². The molecule has 1 heterocycles. The number of rotatable bonds is 9. The number of unbranched alkanes of at least 4 members (excludes halogenated alkanes) is 1. The number of hydrogen-bond acceptors (Lipinski definition) is 8. The number of halogens is 1. The number of methoxy groups -OCH3 is 3. The second-order valence-electron chi connectivity index (χ2n) is 9.67. The minimum Gasteiger partial charge on any atom is -0.503 e. The Balaban J connectivity index is 1.80. The molecule has 2 aliphatic rings. The van der Waals surface area contributed by atoms with Crippen molar-refractivity contribution in [3.8, 4) is 23.0 Å². The number of nitrogens with one attached hydrogen (secondary N) is 1. The molecule has 0 radical (unpaired) electrons. The van der Waals surface area contributed by atoms with Crippen molar-refractivity contribution in [2.75, 3.05) is 27.9 Å². The molecule has 0 saturated carbocycles. The van der Waals surface area contributed by atoms with Crippen LogP contribution in [0.1, 0.15) is 62.5 Å². The van der Waals surface area contributed by atoms with Crippen molar-refractivity contribution in [1.29, 1.82) is 0 Å². The van der Waals surface area contributed by atoms with E-state index in [0.29, 0.717) is 51.4 Å². The number of carbonyl (C=O) groups excluding carboxylic acids is 2. The van der Waals surface area contributed by atoms with Crippen LogP contribution < -0.4 is 19.5 Å². The van der Waals surface area contributed by atoms with Crippen molar-refractivity contribution >= 4 is 27.7 Å². The number of esters is 1. The molecular weight excluding hydrogens is 566 g/mol. The number of carbonyl (C=O) groups is 2. The second kappa shape index (κ2) is 12.2. The molecule has 0 saturated heterocycles. The zero-order valence-corrected chi connectivity index (χ0v) is 24.4. The number of ketones is 1. The summed E-state index contributed by atoms with van der Waals surface area (Å²) in [6, 6.07) is 9.09. The van der Waals surface area contributed by atoms with Crippen LogP contribution in [0.25, 0.3) is 0 Å². The molecule has 0 aromatic heterocycles. The fourth-order valence-corrected chi connectivity index (χ4v) is 5.75. The molecule has 0 spiro atoms. The maximum atomic E-state index is 13.9. The van der Waals surface area contributed by atoms with Gasteiger partial charge in [0.25, 0.3) is 0 Å². The highest BCUT2D eigenvalue weighted by Gasteiger charge is 2.42. The monoisotopic (exact) mass is 599 g/mol. The summed E-state index contributed by atoms with van der Waals surface area (Å²) in [5.41, 5.74) is 3.91. The smallest absolute Gasteiger partial charge is 0.336 e. The predicted molar refractivity (Wildman–Crippen MR) is 150 cm³/mol. The summed E-state index contributed by atoms with van der Waals surface area (Å²) < 4.78 is 22.3. The van der Waals surface area contributed by atoms with Gasteiger partial charge in [-0.3, -0.25) is 4.79 Å². The molecule has 0 bridgehead atoms. The summed E-state index contributed by atoms with van der Waals surface area (Å²) in [5, 5.41) is 13.8. The maximum absolute atomic E-state index is 13.9. The maximum Gasteiger partial charge on any atom is 0.336 e. The number of Topliss-reactive ketones (excluding diaryl/α,β-unsaturated/α-hetero) is 1. The summed E-state index contributed by atoms with van der Waals surface area (Å²) in [4.78, 5) is 27.3. The number of hydrogen-bond donors (Lipinski definition) is 2. The zero-order chi connectivity index (χ0) is 28.3. The van der Waals surface area contributed by atoms with Crippen LogP contribution in [0.2, 0.25) is 0 Å². The first kappa shape index (κ1) is 28.5. The van der Waals surface area contributed by atoms with Gasteiger partial charge in [-0.1, -0.05) is 19.4 Å². The second-order valence-corrected chi connectivity index (χ2v) is 10.5. The van der Waals surface area contributed by atoms with E-state index in [9.17, 15) is 14.7 Å². The van der Waals surface area contributed by atoms with Gasteiger partial charge in [0.15, 0.2) is 28.8 Å². The highest BCUT2D eigenvalue weighted by atomic mass is 79.9. The molecule has 2 atom stereocenters. The van der Waals surface area contributed by atoms with E-state index in [0.717, 1.165) is 24.1 Å². The molecular formula is C30H34BrNO7. The standard InChI is InChI=1S/C30H34BrNO7/c1-6-7-10-39-30(35)26-16(2)32-21-12-18(17-8-9-23(36-3)24(14-17)37-4)13-22(33)28(21)27(26)19-11-20(31)29(34)25(15-19)38-5/h8-9,11,14-15,18,27,32,34H,6-7,10,12-13H2,1-5H3/t18-,27+/m0/s1. The fraction of sp³-hybridized carbons (Fsp3) is 0.400. The summed E-state index contributed by atoms with van der Waals surface area (Å²) in [6.45, 7) is 4.14. The number of ether oxygens (including phenoxy) is 4. The lowest BCUT2D eigenvalue weighted by atomic mass is 9.71. The molecule has 208 valence electrons. The van der Waals surface area contributed by atoms with Gasteiger partial charge in [0, 0.05) is 29.3 Å². The van der Waals surface area contributed by atoms with Crippen LogP contribution in [0.15, 0.2) is 57.3 Å². The lowest BCUT2D eigenvalue weighted by Crippen LogP contribution is -2.36. The first-order chi connectivity index (χ1) is 18.7. The van der Waals surface area contributed by atoms with Crippen LogP contribution in [0, 0.1) is 0 Å². The summed E-state index contributed by atoms with van der Waals surface area (Å²) >= 11 is 3.40. The van der Waals surface area contributed by atoms with Gasteiger partial charge in [-0.05, 0) is 77.0 Å². The third-order valence-electron chi connectivity index (χ3n) is 7.26. The van der Waals surface area contributed by atoms with Crippen molar-refractivity contribution in [2.24, 2.45) is 0 Å². The van der Waals surface area contributed by atoms with E-state index in [1.807, 2.05) is 32.0 Å². The predicted octanol–water partition coefficient (Wildman–Crippen LogP) is 5.89. The van der Waals surface area contributed by atoms with E-state index in [1.54, 1.807) is 26.4 Å². The quantitative estimate of drug-likeness (QED) is 0.272. The Hall–Kier alpha value is -3.46. The van der Waals surface area contributed by atoms with Crippen molar-refractivity contribution in [1.82, 2.24) is 5.32 Å². The Morgan fingerprint density at radius 1 is 1.03 bits per heavy atom. The SMILES string of the molecule is CCCCOC(=O)C1=C(C)NC2=C(C(=O)C[C@@H](c3ccc(OC)c(OC)c3)C2)[C@@H]1c1cc(Br)c(O)c(OC)c1. The zero-order valence-electron chi connectivity index (χ0n) is 22.9. The van der Waals surface area contributed by atoms with Crippen molar-refractivity contribution in [3.05, 3.63) is 68.5 Å². The number of dihydropyridines is 1. The molecule has 1 aliphatic heterocycles. The molecule has 0 unspecified atom stereocenters. The van der Waals surface area contributed by atoms with Gasteiger partial charge >= 0.3 is 5.97 Å². The summed E-state index contributed by atoms with van der Waals surface area (Å²) in [7, 11) is 4.63. The Bertz CT molecular complexity index is 1350. The minimum atomic E-state index is -0.681. The Kier molecular flexibility index (Phi) is 8.90. The molecule has 0 fully saturated rings. The highest BCUT2D eigenvalue weighted by Crippen LogP contribution is 2.48. The molecule has 2 N–H and O–H groups in total. The lowest BCUT2D eigenvalue weighted by Gasteiger charge is -2.37. The lowest BCUT2D eigenvalue weighted by molar-refractivity contribution is -0.139. The molecule has 8 nitrogen and oxygen atoms in total. The number of allylic oxidation sites excluding steroid dienone is 3. The molecule has 1 aliphatic carbocycles. The molecule has 2 aromatic carbocycles. The van der Waals surface area contributed by atoms with Crippen molar-refractivity contribution in [2.45, 2.75) is 51.4 Å². The van der Waals surface area contributed by atoms with Gasteiger partial charge in [0.05, 0.1) is 38.0 Å². The average Bonchev–Trinajstić information content (AvgIpc) is 2.93. The summed E-state index contributed by atoms with van der Waals surface area (Å²) in [5.74, 6) is 0.104. The van der Waals surface area contributed by atoms with E-state index in [2.05, 4.69) is 21.2 Å². The van der Waals surface area contributed by atoms with Crippen molar-refractivity contribution < 1.29 is 33.6 Å². The van der Waals surface area contributed by atoms with Gasteiger partial charge < -0.3 is 29.4 Å². The number of phenols is 1. The van der Waals surface area contributed by atoms with Gasteiger partial charge in [0.1, 0.15) is 0 Å². The van der Waals surface area contributed by atoms with Crippen molar-refractivity contribution in [3.63, 3.8) is 0 Å². The van der Waals surface area contributed by atoms with Gasteiger partial charge in [0.2, 0.25) is 0 Å². The fourth-order valence-electron chi connectivity index (χ4n) is 5.29. The van der Waals surface area contributed by atoms with Crippen LogP contribution in [0.5, 0.6) is 23.0 Å². The Labute approximate surface area is 237 Å². The Morgan fingerprint density at radius 3 is 2.38 bits per heavy atom. The Morgan fingerprint density at radius 2 is 1.72 bits per heavy atom. The summed E-state index contributed by atoms with van der Waals surface area (Å²) in [6.07, 6.45) is 2.47. The van der Waals surface area contributed by atoms with Gasteiger partial charge in [-0.25, -0.2) is 4.79 Å². The number of aromatic hydroxyl groups is 1. The third-order valence-corrected chi connectivity index (χ3v) is 7.87.